The van der Waals surface area contributed by atoms with Gasteiger partial charge in [0, 0.05) is 43.5 Å². The van der Waals surface area contributed by atoms with Gasteiger partial charge in [0.25, 0.3) is 5.91 Å². The summed E-state index contributed by atoms with van der Waals surface area (Å²) >= 11 is 0. The lowest BCUT2D eigenvalue weighted by Gasteiger charge is -2.41. The van der Waals surface area contributed by atoms with Crippen LogP contribution in [0.15, 0.2) is 42.5 Å². The van der Waals surface area contributed by atoms with Gasteiger partial charge in [0.2, 0.25) is 0 Å². The lowest BCUT2D eigenvalue weighted by atomic mass is 9.94. The van der Waals surface area contributed by atoms with Crippen molar-refractivity contribution in [2.75, 3.05) is 36.4 Å². The van der Waals surface area contributed by atoms with Crippen LogP contribution in [-0.2, 0) is 0 Å². The van der Waals surface area contributed by atoms with Gasteiger partial charge in [-0.1, -0.05) is 37.0 Å². The predicted octanol–water partition coefficient (Wildman–Crippen LogP) is 4.40. The number of carboxylic acids is 1. The molecule has 2 fully saturated rings. The SMILES string of the molecule is Cc1ccc(C(=O)Nc2ccc(N3CCN(C4CCCCC4)CC3)cc2C(=O)O)cc1. The third-order valence-corrected chi connectivity index (χ3v) is 6.57. The Morgan fingerprint density at radius 1 is 0.935 bits per heavy atom. The number of carbonyl (C=O) groups excluding carboxylic acids is 1. The van der Waals surface area contributed by atoms with Crippen LogP contribution in [0.1, 0.15) is 58.4 Å². The Bertz CT molecular complexity index is 928. The van der Waals surface area contributed by atoms with E-state index in [4.69, 9.17) is 0 Å². The van der Waals surface area contributed by atoms with Crippen LogP contribution < -0.4 is 10.2 Å². The molecule has 1 amide bonds. The van der Waals surface area contributed by atoms with E-state index in [1.807, 2.05) is 25.1 Å². The summed E-state index contributed by atoms with van der Waals surface area (Å²) in [6, 6.07) is 13.2. The van der Waals surface area contributed by atoms with Crippen LogP contribution in [0.2, 0.25) is 0 Å². The van der Waals surface area contributed by atoms with E-state index in [1.54, 1.807) is 24.3 Å². The number of nitrogens with zero attached hydrogens (tertiary/aromatic N) is 2. The van der Waals surface area contributed by atoms with Crippen molar-refractivity contribution < 1.29 is 14.7 Å². The second-order valence-electron chi connectivity index (χ2n) is 8.67. The van der Waals surface area contributed by atoms with Gasteiger partial charge < -0.3 is 15.3 Å². The van der Waals surface area contributed by atoms with Crippen molar-refractivity contribution in [2.24, 2.45) is 0 Å². The Labute approximate surface area is 183 Å². The van der Waals surface area contributed by atoms with E-state index < -0.39 is 5.97 Å². The normalized spacial score (nSPS) is 18.0. The van der Waals surface area contributed by atoms with Gasteiger partial charge in [-0.2, -0.15) is 0 Å². The molecule has 2 N–H and O–H groups in total. The molecule has 0 aromatic heterocycles. The Morgan fingerprint density at radius 3 is 2.26 bits per heavy atom. The quantitative estimate of drug-likeness (QED) is 0.749. The van der Waals surface area contributed by atoms with Crippen molar-refractivity contribution in [1.82, 2.24) is 4.90 Å². The molecule has 2 aliphatic rings. The molecule has 2 aromatic rings. The van der Waals surface area contributed by atoms with Crippen LogP contribution in [0.25, 0.3) is 0 Å². The average molecular weight is 422 g/mol. The van der Waals surface area contributed by atoms with Crippen molar-refractivity contribution in [3.05, 3.63) is 59.2 Å². The number of amides is 1. The van der Waals surface area contributed by atoms with E-state index in [9.17, 15) is 14.7 Å². The molecule has 6 heteroatoms. The van der Waals surface area contributed by atoms with Gasteiger partial charge in [-0.05, 0) is 50.1 Å². The topological polar surface area (TPSA) is 72.9 Å². The Hall–Kier alpha value is -2.86. The first-order valence-corrected chi connectivity index (χ1v) is 11.3. The van der Waals surface area contributed by atoms with E-state index >= 15 is 0 Å². The zero-order valence-electron chi connectivity index (χ0n) is 18.1. The summed E-state index contributed by atoms with van der Waals surface area (Å²) in [6.45, 7) is 5.77. The highest BCUT2D eigenvalue weighted by atomic mass is 16.4. The summed E-state index contributed by atoms with van der Waals surface area (Å²) in [6.07, 6.45) is 6.64. The third-order valence-electron chi connectivity index (χ3n) is 6.57. The number of aryl methyl sites for hydroxylation is 1. The minimum absolute atomic E-state index is 0.118. The van der Waals surface area contributed by atoms with Gasteiger partial charge in [-0.25, -0.2) is 4.79 Å². The number of piperazine rings is 1. The van der Waals surface area contributed by atoms with E-state index in [1.165, 1.54) is 32.1 Å². The van der Waals surface area contributed by atoms with Crippen LogP contribution in [0.5, 0.6) is 0 Å². The molecule has 0 spiro atoms. The average Bonchev–Trinajstić information content (AvgIpc) is 2.80. The van der Waals surface area contributed by atoms with Crippen molar-refractivity contribution in [1.29, 1.82) is 0 Å². The highest BCUT2D eigenvalue weighted by Gasteiger charge is 2.26. The smallest absolute Gasteiger partial charge is 0.337 e. The highest BCUT2D eigenvalue weighted by Crippen LogP contribution is 2.27. The summed E-state index contributed by atoms with van der Waals surface area (Å²) in [7, 11) is 0. The zero-order valence-corrected chi connectivity index (χ0v) is 18.1. The third kappa shape index (κ3) is 5.07. The molecule has 164 valence electrons. The van der Waals surface area contributed by atoms with Crippen molar-refractivity contribution in [3.63, 3.8) is 0 Å². The van der Waals surface area contributed by atoms with E-state index in [0.717, 1.165) is 37.4 Å². The molecule has 1 saturated carbocycles. The van der Waals surface area contributed by atoms with E-state index in [0.29, 0.717) is 17.3 Å². The molecule has 0 atom stereocenters. The van der Waals surface area contributed by atoms with Crippen LogP contribution in [-0.4, -0.2) is 54.1 Å². The van der Waals surface area contributed by atoms with Crippen molar-refractivity contribution in [2.45, 2.75) is 45.1 Å². The van der Waals surface area contributed by atoms with Gasteiger partial charge >= 0.3 is 5.97 Å². The zero-order chi connectivity index (χ0) is 21.8. The lowest BCUT2D eigenvalue weighted by Crippen LogP contribution is -2.50. The highest BCUT2D eigenvalue weighted by molar-refractivity contribution is 6.08. The first-order chi connectivity index (χ1) is 15.0. The number of carbonyl (C=O) groups is 2. The van der Waals surface area contributed by atoms with Gasteiger partial charge in [0.15, 0.2) is 0 Å². The number of rotatable bonds is 5. The molecule has 1 aliphatic heterocycles. The summed E-state index contributed by atoms with van der Waals surface area (Å²) in [5.41, 5.74) is 2.91. The number of anilines is 2. The maximum absolute atomic E-state index is 12.6. The van der Waals surface area contributed by atoms with E-state index in [-0.39, 0.29) is 11.5 Å². The standard InChI is InChI=1S/C25H31N3O3/c1-18-7-9-19(10-8-18)24(29)26-23-12-11-21(17-22(23)25(30)31)28-15-13-27(14-16-28)20-5-3-2-4-6-20/h7-12,17,20H,2-6,13-16H2,1H3,(H,26,29)(H,30,31). The number of hydrogen-bond donors (Lipinski definition) is 2. The largest absolute Gasteiger partial charge is 0.478 e. The number of benzene rings is 2. The van der Waals surface area contributed by atoms with Gasteiger partial charge in [-0.3, -0.25) is 9.69 Å². The first kappa shape index (κ1) is 21.4. The molecule has 1 heterocycles. The predicted molar refractivity (Wildman–Crippen MR) is 123 cm³/mol. The fraction of sp³-hybridized carbons (Fsp3) is 0.440. The molecular formula is C25H31N3O3. The molecule has 0 bridgehead atoms. The molecule has 31 heavy (non-hydrogen) atoms. The van der Waals surface area contributed by atoms with Crippen LogP contribution in [0.3, 0.4) is 0 Å². The van der Waals surface area contributed by atoms with Gasteiger partial charge in [0.05, 0.1) is 11.3 Å². The fourth-order valence-electron chi connectivity index (χ4n) is 4.71. The molecule has 2 aromatic carbocycles. The minimum atomic E-state index is -1.04. The molecular weight excluding hydrogens is 390 g/mol. The maximum atomic E-state index is 12.6. The summed E-state index contributed by atoms with van der Waals surface area (Å²) < 4.78 is 0. The summed E-state index contributed by atoms with van der Waals surface area (Å²) in [5.74, 6) is -1.35. The number of nitrogens with one attached hydrogen (secondary N) is 1. The minimum Gasteiger partial charge on any atom is -0.478 e. The molecule has 0 unspecified atom stereocenters. The van der Waals surface area contributed by atoms with Gasteiger partial charge in [-0.15, -0.1) is 0 Å². The van der Waals surface area contributed by atoms with Crippen molar-refractivity contribution in [3.8, 4) is 0 Å². The molecule has 0 radical (unpaired) electrons. The fourth-order valence-corrected chi connectivity index (χ4v) is 4.71. The summed E-state index contributed by atoms with van der Waals surface area (Å²) in [4.78, 5) is 29.3. The number of aromatic carboxylic acids is 1. The Kier molecular flexibility index (Phi) is 6.56. The molecule has 1 aliphatic carbocycles. The van der Waals surface area contributed by atoms with Gasteiger partial charge in [0.1, 0.15) is 0 Å². The number of hydrogen-bond acceptors (Lipinski definition) is 4. The maximum Gasteiger partial charge on any atom is 0.337 e. The molecule has 4 rings (SSSR count). The monoisotopic (exact) mass is 421 g/mol. The van der Waals surface area contributed by atoms with Crippen LogP contribution >= 0.6 is 0 Å². The first-order valence-electron chi connectivity index (χ1n) is 11.3. The number of carboxylic acid groups (broad SMARTS) is 1. The second kappa shape index (κ2) is 9.52. The molecule has 6 nitrogen and oxygen atoms in total. The van der Waals surface area contributed by atoms with Crippen LogP contribution in [0, 0.1) is 6.92 Å². The summed E-state index contributed by atoms with van der Waals surface area (Å²) in [5, 5.41) is 12.5. The second-order valence-corrected chi connectivity index (χ2v) is 8.67. The van der Waals surface area contributed by atoms with E-state index in [2.05, 4.69) is 15.1 Å². The molecule has 1 saturated heterocycles. The Morgan fingerprint density at radius 2 is 1.61 bits per heavy atom. The van der Waals surface area contributed by atoms with Crippen LogP contribution in [0.4, 0.5) is 11.4 Å². The Balaban J connectivity index is 1.44. The van der Waals surface area contributed by atoms with Crippen molar-refractivity contribution >= 4 is 23.3 Å². The lowest BCUT2D eigenvalue weighted by molar-refractivity contribution is 0.0698.